The molecule has 2 N–H and O–H groups in total. The van der Waals surface area contributed by atoms with E-state index in [4.69, 9.17) is 4.74 Å². The molecule has 1 aromatic heterocycles. The Bertz CT molecular complexity index is 585. The Balaban J connectivity index is 1.73. The molecule has 0 unspecified atom stereocenters. The fourth-order valence-corrected chi connectivity index (χ4v) is 1.88. The topological polar surface area (TPSA) is 67.0 Å². The monoisotopic (exact) mass is 257 g/mol. The molecule has 0 bridgehead atoms. The predicted octanol–water partition coefficient (Wildman–Crippen LogP) is 2.43. The van der Waals surface area contributed by atoms with Crippen LogP contribution in [-0.4, -0.2) is 23.2 Å². The Morgan fingerprint density at radius 1 is 1.37 bits per heavy atom. The average molecular weight is 257 g/mol. The van der Waals surface area contributed by atoms with E-state index < -0.39 is 0 Å². The van der Waals surface area contributed by atoms with Crippen LogP contribution in [0.5, 0.6) is 5.75 Å². The molecule has 1 aliphatic rings. The molecule has 3 rings (SSSR count). The van der Waals surface area contributed by atoms with E-state index in [1.807, 2.05) is 30.3 Å². The minimum atomic E-state index is 0.0628. The van der Waals surface area contributed by atoms with E-state index in [9.17, 15) is 4.79 Å². The molecular weight excluding hydrogens is 242 g/mol. The molecule has 1 amide bonds. The fourth-order valence-electron chi connectivity index (χ4n) is 1.88. The lowest BCUT2D eigenvalue weighted by molar-refractivity contribution is -0.117. The molecule has 1 fully saturated rings. The molecule has 1 aromatic carbocycles. The second kappa shape index (κ2) is 4.76. The van der Waals surface area contributed by atoms with Gasteiger partial charge in [0.2, 0.25) is 5.91 Å². The molecule has 0 saturated heterocycles. The molecule has 19 heavy (non-hydrogen) atoms. The number of rotatable bonds is 4. The molecule has 1 aliphatic carbocycles. The average Bonchev–Trinajstić information content (AvgIpc) is 3.20. The van der Waals surface area contributed by atoms with Crippen molar-refractivity contribution in [2.24, 2.45) is 5.92 Å². The van der Waals surface area contributed by atoms with Crippen LogP contribution in [-0.2, 0) is 4.79 Å². The van der Waals surface area contributed by atoms with Crippen LogP contribution in [0, 0.1) is 5.92 Å². The normalized spacial score (nSPS) is 14.2. The summed E-state index contributed by atoms with van der Waals surface area (Å²) in [5.41, 5.74) is 1.87. The maximum Gasteiger partial charge on any atom is 0.228 e. The highest BCUT2D eigenvalue weighted by molar-refractivity contribution is 5.93. The van der Waals surface area contributed by atoms with Gasteiger partial charge >= 0.3 is 0 Å². The zero-order valence-corrected chi connectivity index (χ0v) is 10.6. The molecule has 2 aromatic rings. The van der Waals surface area contributed by atoms with Crippen molar-refractivity contribution in [3.05, 3.63) is 30.3 Å². The number of nitrogens with zero attached hydrogens (tertiary/aromatic N) is 1. The Morgan fingerprint density at radius 2 is 2.11 bits per heavy atom. The van der Waals surface area contributed by atoms with Crippen LogP contribution in [0.25, 0.3) is 11.3 Å². The third-order valence-electron chi connectivity index (χ3n) is 3.18. The van der Waals surface area contributed by atoms with Gasteiger partial charge < -0.3 is 10.1 Å². The molecule has 1 saturated carbocycles. The fraction of sp³-hybridized carbons (Fsp3) is 0.286. The number of nitrogens with one attached hydrogen (secondary N) is 2. The number of carbonyl (C=O) groups excluding carboxylic acids is 1. The van der Waals surface area contributed by atoms with Crippen LogP contribution in [0.4, 0.5) is 5.82 Å². The van der Waals surface area contributed by atoms with Crippen molar-refractivity contribution in [1.29, 1.82) is 0 Å². The van der Waals surface area contributed by atoms with E-state index in [1.165, 1.54) is 0 Å². The Kier molecular flexibility index (Phi) is 2.95. The van der Waals surface area contributed by atoms with Gasteiger partial charge in [0.1, 0.15) is 5.75 Å². The van der Waals surface area contributed by atoms with Crippen LogP contribution in [0.2, 0.25) is 0 Å². The summed E-state index contributed by atoms with van der Waals surface area (Å²) in [4.78, 5) is 11.6. The van der Waals surface area contributed by atoms with Crippen LogP contribution < -0.4 is 10.1 Å². The second-order valence-electron chi connectivity index (χ2n) is 4.66. The number of H-pyrrole nitrogens is 1. The van der Waals surface area contributed by atoms with Gasteiger partial charge in [-0.05, 0) is 42.7 Å². The molecule has 5 nitrogen and oxygen atoms in total. The van der Waals surface area contributed by atoms with Gasteiger partial charge in [0.25, 0.3) is 0 Å². The van der Waals surface area contributed by atoms with Crippen molar-refractivity contribution in [1.82, 2.24) is 10.2 Å². The van der Waals surface area contributed by atoms with E-state index in [0.29, 0.717) is 5.82 Å². The smallest absolute Gasteiger partial charge is 0.228 e. The number of hydrogen-bond donors (Lipinski definition) is 2. The lowest BCUT2D eigenvalue weighted by Gasteiger charge is -2.00. The SMILES string of the molecule is COc1ccc(-c2cc(NC(=O)C3CC3)n[nH]2)cc1. The molecule has 1 heterocycles. The Hall–Kier alpha value is -2.30. The van der Waals surface area contributed by atoms with Crippen molar-refractivity contribution in [2.45, 2.75) is 12.8 Å². The number of amides is 1. The zero-order chi connectivity index (χ0) is 13.2. The van der Waals surface area contributed by atoms with Gasteiger partial charge in [-0.25, -0.2) is 0 Å². The van der Waals surface area contributed by atoms with Crippen molar-refractivity contribution in [2.75, 3.05) is 12.4 Å². The highest BCUT2D eigenvalue weighted by Crippen LogP contribution is 2.30. The number of ether oxygens (including phenoxy) is 1. The molecule has 98 valence electrons. The van der Waals surface area contributed by atoms with Gasteiger partial charge in [0.05, 0.1) is 12.8 Å². The number of anilines is 1. The zero-order valence-electron chi connectivity index (χ0n) is 10.6. The minimum absolute atomic E-state index is 0.0628. The standard InChI is InChI=1S/C14H15N3O2/c1-19-11-6-4-9(5-7-11)12-8-13(17-16-12)15-14(18)10-2-3-10/h4-8,10H,2-3H2,1H3,(H2,15,16,17,18). The van der Waals surface area contributed by atoms with Crippen LogP contribution in [0.1, 0.15) is 12.8 Å². The highest BCUT2D eigenvalue weighted by Gasteiger charge is 2.29. The van der Waals surface area contributed by atoms with E-state index in [2.05, 4.69) is 15.5 Å². The van der Waals surface area contributed by atoms with Gasteiger partial charge in [-0.2, -0.15) is 5.10 Å². The lowest BCUT2D eigenvalue weighted by atomic mass is 10.1. The van der Waals surface area contributed by atoms with Gasteiger partial charge in [-0.3, -0.25) is 9.89 Å². The first-order chi connectivity index (χ1) is 9.26. The van der Waals surface area contributed by atoms with Crippen molar-refractivity contribution in [3.63, 3.8) is 0 Å². The first kappa shape index (κ1) is 11.8. The first-order valence-electron chi connectivity index (χ1n) is 6.27. The van der Waals surface area contributed by atoms with E-state index >= 15 is 0 Å². The number of aromatic amines is 1. The third-order valence-corrected chi connectivity index (χ3v) is 3.18. The number of hydrogen-bond acceptors (Lipinski definition) is 3. The minimum Gasteiger partial charge on any atom is -0.497 e. The van der Waals surface area contributed by atoms with Gasteiger partial charge in [-0.15, -0.1) is 0 Å². The third kappa shape index (κ3) is 2.59. The summed E-state index contributed by atoms with van der Waals surface area (Å²) in [6.07, 6.45) is 1.98. The molecule has 0 aliphatic heterocycles. The summed E-state index contributed by atoms with van der Waals surface area (Å²) in [7, 11) is 1.64. The van der Waals surface area contributed by atoms with E-state index in [0.717, 1.165) is 29.8 Å². The summed E-state index contributed by atoms with van der Waals surface area (Å²) in [6.45, 7) is 0. The summed E-state index contributed by atoms with van der Waals surface area (Å²) in [5.74, 6) is 1.63. The van der Waals surface area contributed by atoms with Crippen LogP contribution in [0.15, 0.2) is 30.3 Å². The van der Waals surface area contributed by atoms with E-state index in [1.54, 1.807) is 7.11 Å². The summed E-state index contributed by atoms with van der Waals surface area (Å²) < 4.78 is 5.11. The van der Waals surface area contributed by atoms with Crippen molar-refractivity contribution < 1.29 is 9.53 Å². The van der Waals surface area contributed by atoms with Gasteiger partial charge in [-0.1, -0.05) is 0 Å². The second-order valence-corrected chi connectivity index (χ2v) is 4.66. The molecular formula is C14H15N3O2. The number of benzene rings is 1. The Morgan fingerprint density at radius 3 is 2.74 bits per heavy atom. The largest absolute Gasteiger partial charge is 0.497 e. The molecule has 0 radical (unpaired) electrons. The maximum absolute atomic E-state index is 11.6. The predicted molar refractivity (Wildman–Crippen MR) is 71.9 cm³/mol. The summed E-state index contributed by atoms with van der Waals surface area (Å²) in [5, 5.41) is 9.83. The molecule has 5 heteroatoms. The Labute approximate surface area is 111 Å². The van der Waals surface area contributed by atoms with Gasteiger partial charge in [0.15, 0.2) is 5.82 Å². The number of methoxy groups -OCH3 is 1. The maximum atomic E-state index is 11.6. The highest BCUT2D eigenvalue weighted by atomic mass is 16.5. The molecule has 0 spiro atoms. The summed E-state index contributed by atoms with van der Waals surface area (Å²) in [6, 6.07) is 9.50. The number of carbonyl (C=O) groups is 1. The van der Waals surface area contributed by atoms with Crippen molar-refractivity contribution in [3.8, 4) is 17.0 Å². The van der Waals surface area contributed by atoms with E-state index in [-0.39, 0.29) is 11.8 Å². The van der Waals surface area contributed by atoms with Crippen molar-refractivity contribution >= 4 is 11.7 Å². The first-order valence-corrected chi connectivity index (χ1v) is 6.27. The quantitative estimate of drug-likeness (QED) is 0.884. The molecule has 0 atom stereocenters. The van der Waals surface area contributed by atoms with Crippen LogP contribution >= 0.6 is 0 Å². The summed E-state index contributed by atoms with van der Waals surface area (Å²) >= 11 is 0. The van der Waals surface area contributed by atoms with Crippen LogP contribution in [0.3, 0.4) is 0 Å². The van der Waals surface area contributed by atoms with Gasteiger partial charge in [0, 0.05) is 12.0 Å². The number of aromatic nitrogens is 2. The lowest BCUT2D eigenvalue weighted by Crippen LogP contribution is -2.13.